The fraction of sp³-hybridized carbons (Fsp3) is 0.167. The van der Waals surface area contributed by atoms with Crippen LogP contribution in [0.4, 0.5) is 17.1 Å². The van der Waals surface area contributed by atoms with Crippen molar-refractivity contribution in [3.63, 3.8) is 0 Å². The summed E-state index contributed by atoms with van der Waals surface area (Å²) in [6.07, 6.45) is 0.977. The largest absolute Gasteiger partial charge is 0.322 e. The van der Waals surface area contributed by atoms with E-state index in [1.807, 2.05) is 24.3 Å². The van der Waals surface area contributed by atoms with Crippen molar-refractivity contribution in [3.05, 3.63) is 98.1 Å². The van der Waals surface area contributed by atoms with E-state index in [2.05, 4.69) is 5.32 Å². The molecule has 3 aromatic rings. The molecule has 0 unspecified atom stereocenters. The van der Waals surface area contributed by atoms with Crippen molar-refractivity contribution in [2.45, 2.75) is 26.3 Å². The number of non-ortho nitro benzene ring substituents is 1. The maximum atomic E-state index is 12.7. The minimum atomic E-state index is -0.491. The van der Waals surface area contributed by atoms with Crippen molar-refractivity contribution in [1.29, 1.82) is 0 Å². The van der Waals surface area contributed by atoms with Crippen LogP contribution in [0.2, 0.25) is 5.02 Å². The van der Waals surface area contributed by atoms with Gasteiger partial charge in [0.05, 0.1) is 11.5 Å². The van der Waals surface area contributed by atoms with Crippen molar-refractivity contribution in [2.75, 3.05) is 10.2 Å². The van der Waals surface area contributed by atoms with Gasteiger partial charge < -0.3 is 10.2 Å². The van der Waals surface area contributed by atoms with Gasteiger partial charge in [-0.25, -0.2) is 0 Å². The molecule has 32 heavy (non-hydrogen) atoms. The van der Waals surface area contributed by atoms with Gasteiger partial charge in [0.15, 0.2) is 0 Å². The summed E-state index contributed by atoms with van der Waals surface area (Å²) in [4.78, 5) is 37.5. The molecule has 2 amide bonds. The minimum Gasteiger partial charge on any atom is -0.322 e. The van der Waals surface area contributed by atoms with Crippen LogP contribution in [-0.2, 0) is 17.8 Å². The summed E-state index contributed by atoms with van der Waals surface area (Å²) in [7, 11) is 0. The highest BCUT2D eigenvalue weighted by Gasteiger charge is 2.25. The summed E-state index contributed by atoms with van der Waals surface area (Å²) < 4.78 is 0. The van der Waals surface area contributed by atoms with E-state index in [1.165, 1.54) is 18.2 Å². The van der Waals surface area contributed by atoms with Crippen LogP contribution in [0.1, 0.15) is 33.5 Å². The number of carbonyl (C=O) groups excluding carboxylic acids is 2. The SMILES string of the molecule is Cc1cc([N+](=O)[O-])ccc1C(=O)Nc1ccc2c(c1)CCC(=O)N2Cc1ccc(Cl)cc1. The van der Waals surface area contributed by atoms with Crippen LogP contribution in [0.25, 0.3) is 0 Å². The molecule has 1 aliphatic heterocycles. The fourth-order valence-corrected chi connectivity index (χ4v) is 3.92. The molecule has 0 saturated heterocycles. The first-order valence-electron chi connectivity index (χ1n) is 10.1. The van der Waals surface area contributed by atoms with E-state index in [4.69, 9.17) is 11.6 Å². The highest BCUT2D eigenvalue weighted by Crippen LogP contribution is 2.32. The lowest BCUT2D eigenvalue weighted by Gasteiger charge is -2.30. The van der Waals surface area contributed by atoms with Crippen molar-refractivity contribution in [3.8, 4) is 0 Å². The fourth-order valence-electron chi connectivity index (χ4n) is 3.80. The molecule has 1 heterocycles. The number of nitro benzene ring substituents is 1. The van der Waals surface area contributed by atoms with Crippen LogP contribution in [0.3, 0.4) is 0 Å². The Balaban J connectivity index is 1.54. The van der Waals surface area contributed by atoms with E-state index in [0.29, 0.717) is 41.2 Å². The number of fused-ring (bicyclic) bond motifs is 1. The van der Waals surface area contributed by atoms with Gasteiger partial charge in [-0.05, 0) is 66.4 Å². The summed E-state index contributed by atoms with van der Waals surface area (Å²) in [6.45, 7) is 2.10. The molecule has 3 aromatic carbocycles. The van der Waals surface area contributed by atoms with Gasteiger partial charge in [-0.1, -0.05) is 23.7 Å². The third-order valence-electron chi connectivity index (χ3n) is 5.46. The van der Waals surface area contributed by atoms with Gasteiger partial charge in [0.2, 0.25) is 5.91 Å². The minimum absolute atomic E-state index is 0.0470. The number of rotatable bonds is 5. The zero-order chi connectivity index (χ0) is 22.8. The molecule has 8 heteroatoms. The Morgan fingerprint density at radius 3 is 2.53 bits per heavy atom. The summed E-state index contributed by atoms with van der Waals surface area (Å²) in [5, 5.41) is 14.4. The second-order valence-corrected chi connectivity index (χ2v) is 8.10. The summed E-state index contributed by atoms with van der Waals surface area (Å²) in [5.74, 6) is -0.298. The average molecular weight is 450 g/mol. The van der Waals surface area contributed by atoms with Gasteiger partial charge in [-0.2, -0.15) is 0 Å². The van der Waals surface area contributed by atoms with E-state index in [9.17, 15) is 19.7 Å². The van der Waals surface area contributed by atoms with Crippen LogP contribution in [0.15, 0.2) is 60.7 Å². The van der Waals surface area contributed by atoms with Crippen molar-refractivity contribution in [2.24, 2.45) is 0 Å². The first kappa shape index (κ1) is 21.5. The summed E-state index contributed by atoms with van der Waals surface area (Å²) in [5.41, 5.74) is 4.20. The van der Waals surface area contributed by atoms with Gasteiger partial charge in [0.1, 0.15) is 0 Å². The molecule has 162 valence electrons. The lowest BCUT2D eigenvalue weighted by atomic mass is 9.99. The van der Waals surface area contributed by atoms with Crippen molar-refractivity contribution >= 4 is 40.5 Å². The van der Waals surface area contributed by atoms with Crippen LogP contribution in [0.5, 0.6) is 0 Å². The Morgan fingerprint density at radius 1 is 1.09 bits per heavy atom. The number of benzene rings is 3. The number of nitrogens with one attached hydrogen (secondary N) is 1. The second kappa shape index (κ2) is 8.80. The summed E-state index contributed by atoms with van der Waals surface area (Å²) in [6, 6.07) is 17.0. The number of hydrogen-bond donors (Lipinski definition) is 1. The monoisotopic (exact) mass is 449 g/mol. The Hall–Kier alpha value is -3.71. The summed E-state index contributed by atoms with van der Waals surface area (Å²) >= 11 is 5.95. The van der Waals surface area contributed by atoms with Crippen LogP contribution in [0, 0.1) is 17.0 Å². The van der Waals surface area contributed by atoms with Crippen molar-refractivity contribution in [1.82, 2.24) is 0 Å². The molecule has 1 N–H and O–H groups in total. The molecule has 0 atom stereocenters. The van der Waals surface area contributed by atoms with Gasteiger partial charge in [-0.3, -0.25) is 19.7 Å². The number of anilines is 2. The lowest BCUT2D eigenvalue weighted by Crippen LogP contribution is -2.34. The van der Waals surface area contributed by atoms with E-state index >= 15 is 0 Å². The molecule has 7 nitrogen and oxygen atoms in total. The number of carbonyl (C=O) groups is 2. The third-order valence-corrected chi connectivity index (χ3v) is 5.71. The zero-order valence-electron chi connectivity index (χ0n) is 17.3. The normalized spacial score (nSPS) is 12.9. The molecule has 0 bridgehead atoms. The van der Waals surface area contributed by atoms with Crippen LogP contribution < -0.4 is 10.2 Å². The van der Waals surface area contributed by atoms with E-state index in [0.717, 1.165) is 16.8 Å². The first-order valence-corrected chi connectivity index (χ1v) is 10.4. The quantitative estimate of drug-likeness (QED) is 0.423. The molecule has 0 spiro atoms. The topological polar surface area (TPSA) is 92.5 Å². The second-order valence-electron chi connectivity index (χ2n) is 7.66. The van der Waals surface area contributed by atoms with E-state index in [-0.39, 0.29) is 17.5 Å². The Kier molecular flexibility index (Phi) is 5.92. The van der Waals surface area contributed by atoms with Gasteiger partial charge >= 0.3 is 0 Å². The molecule has 0 saturated carbocycles. The molecule has 0 fully saturated rings. The van der Waals surface area contributed by atoms with Crippen molar-refractivity contribution < 1.29 is 14.5 Å². The maximum absolute atomic E-state index is 12.7. The first-order chi connectivity index (χ1) is 15.3. The van der Waals surface area contributed by atoms with Gasteiger partial charge in [-0.15, -0.1) is 0 Å². The Labute approximate surface area is 189 Å². The molecule has 1 aliphatic rings. The van der Waals surface area contributed by atoms with E-state index < -0.39 is 4.92 Å². The molecule has 0 aromatic heterocycles. The molecule has 4 rings (SSSR count). The molecule has 0 aliphatic carbocycles. The third kappa shape index (κ3) is 4.48. The maximum Gasteiger partial charge on any atom is 0.269 e. The Bertz CT molecular complexity index is 1220. The average Bonchev–Trinajstić information content (AvgIpc) is 2.77. The zero-order valence-corrected chi connectivity index (χ0v) is 18.1. The van der Waals surface area contributed by atoms with Gasteiger partial charge in [0.25, 0.3) is 11.6 Å². The Morgan fingerprint density at radius 2 is 1.84 bits per heavy atom. The number of nitrogens with zero attached hydrogens (tertiary/aromatic N) is 2. The molecule has 0 radical (unpaired) electrons. The standard InChI is InChI=1S/C24H20ClN3O4/c1-15-12-20(28(31)32)8-9-21(15)24(30)26-19-7-10-22-17(13-19)4-11-23(29)27(22)14-16-2-5-18(25)6-3-16/h2-3,5-10,12-13H,4,11,14H2,1H3,(H,26,30). The highest BCUT2D eigenvalue weighted by atomic mass is 35.5. The number of halogens is 1. The number of hydrogen-bond acceptors (Lipinski definition) is 4. The number of nitro groups is 1. The van der Waals surface area contributed by atoms with E-state index in [1.54, 1.807) is 30.0 Å². The molecular weight excluding hydrogens is 430 g/mol. The number of aryl methyl sites for hydroxylation is 2. The van der Waals surface area contributed by atoms with Gasteiger partial charge in [0, 0.05) is 40.5 Å². The number of amides is 2. The van der Waals surface area contributed by atoms with Crippen LogP contribution >= 0.6 is 11.6 Å². The van der Waals surface area contributed by atoms with Crippen LogP contribution in [-0.4, -0.2) is 16.7 Å². The highest BCUT2D eigenvalue weighted by molar-refractivity contribution is 6.30. The molecular formula is C24H20ClN3O4. The lowest BCUT2D eigenvalue weighted by molar-refractivity contribution is -0.384. The predicted octanol–water partition coefficient (Wildman–Crippen LogP) is 5.29. The predicted molar refractivity (Wildman–Crippen MR) is 123 cm³/mol. The smallest absolute Gasteiger partial charge is 0.269 e.